The Hall–Kier alpha value is -1.44. The molecule has 114 valence electrons. The van der Waals surface area contributed by atoms with E-state index in [1.54, 1.807) is 11.3 Å². The molecule has 1 unspecified atom stereocenters. The predicted molar refractivity (Wildman–Crippen MR) is 83.2 cm³/mol. The fourth-order valence-electron chi connectivity index (χ4n) is 1.92. The Balaban J connectivity index is 2.23. The Morgan fingerprint density at radius 3 is 2.67 bits per heavy atom. The van der Waals surface area contributed by atoms with Crippen molar-refractivity contribution in [3.05, 3.63) is 46.4 Å². The summed E-state index contributed by atoms with van der Waals surface area (Å²) in [6, 6.07) is 7.21. The summed E-state index contributed by atoms with van der Waals surface area (Å²) < 4.78 is 39.7. The van der Waals surface area contributed by atoms with E-state index >= 15 is 0 Å². The third-order valence-electron chi connectivity index (χ3n) is 3.35. The van der Waals surface area contributed by atoms with E-state index in [9.17, 15) is 12.8 Å². The number of rotatable bonds is 5. The first-order valence-electron chi connectivity index (χ1n) is 6.38. The van der Waals surface area contributed by atoms with Crippen molar-refractivity contribution in [1.82, 2.24) is 4.31 Å². The number of halogens is 1. The molecular formula is C14H17FN2O2S2. The first kappa shape index (κ1) is 15.9. The zero-order valence-corrected chi connectivity index (χ0v) is 13.4. The van der Waals surface area contributed by atoms with Crippen molar-refractivity contribution in [1.29, 1.82) is 0 Å². The van der Waals surface area contributed by atoms with Gasteiger partial charge in [0.2, 0.25) is 10.0 Å². The molecule has 0 radical (unpaired) electrons. The summed E-state index contributed by atoms with van der Waals surface area (Å²) in [5.74, 6) is -0.726. The Labute approximate surface area is 128 Å². The van der Waals surface area contributed by atoms with Crippen molar-refractivity contribution >= 4 is 27.0 Å². The summed E-state index contributed by atoms with van der Waals surface area (Å²) in [5.41, 5.74) is 5.31. The highest BCUT2D eigenvalue weighted by Crippen LogP contribution is 2.22. The number of sulfonamides is 1. The van der Waals surface area contributed by atoms with Crippen LogP contribution in [0, 0.1) is 5.82 Å². The number of anilines is 1. The third kappa shape index (κ3) is 3.42. The van der Waals surface area contributed by atoms with Gasteiger partial charge in [-0.15, -0.1) is 11.3 Å². The van der Waals surface area contributed by atoms with Gasteiger partial charge < -0.3 is 5.73 Å². The molecule has 0 amide bonds. The summed E-state index contributed by atoms with van der Waals surface area (Å²) in [6.45, 7) is 1.82. The maximum Gasteiger partial charge on any atom is 0.243 e. The summed E-state index contributed by atoms with van der Waals surface area (Å²) in [5, 5.41) is 1.95. The van der Waals surface area contributed by atoms with Gasteiger partial charge in [-0.1, -0.05) is 6.07 Å². The van der Waals surface area contributed by atoms with E-state index in [-0.39, 0.29) is 16.6 Å². The molecule has 4 nitrogen and oxygen atoms in total. The zero-order valence-electron chi connectivity index (χ0n) is 11.8. The average molecular weight is 328 g/mol. The first-order chi connectivity index (χ1) is 9.82. The molecule has 2 N–H and O–H groups in total. The highest BCUT2D eigenvalue weighted by atomic mass is 32.2. The molecule has 0 bridgehead atoms. The first-order valence-corrected chi connectivity index (χ1v) is 8.70. The van der Waals surface area contributed by atoms with Gasteiger partial charge in [0.05, 0.1) is 10.6 Å². The molecule has 2 rings (SSSR count). The number of nitrogen functional groups attached to an aromatic ring is 1. The van der Waals surface area contributed by atoms with Crippen molar-refractivity contribution < 1.29 is 12.8 Å². The van der Waals surface area contributed by atoms with Crippen LogP contribution in [0.4, 0.5) is 10.1 Å². The second-order valence-electron chi connectivity index (χ2n) is 4.84. The van der Waals surface area contributed by atoms with Crippen LogP contribution in [0.1, 0.15) is 11.8 Å². The monoisotopic (exact) mass is 328 g/mol. The van der Waals surface area contributed by atoms with Crippen LogP contribution in [0.25, 0.3) is 0 Å². The van der Waals surface area contributed by atoms with Crippen LogP contribution in [-0.4, -0.2) is 25.8 Å². The minimum absolute atomic E-state index is 0.0664. The van der Waals surface area contributed by atoms with Gasteiger partial charge in [-0.2, -0.15) is 4.31 Å². The summed E-state index contributed by atoms with van der Waals surface area (Å²) in [6.07, 6.45) is 0.616. The van der Waals surface area contributed by atoms with Gasteiger partial charge in [0.25, 0.3) is 0 Å². The molecule has 7 heteroatoms. The molecule has 0 aliphatic heterocycles. The van der Waals surface area contributed by atoms with Gasteiger partial charge in [-0.3, -0.25) is 0 Å². The highest BCUT2D eigenvalue weighted by molar-refractivity contribution is 7.89. The van der Waals surface area contributed by atoms with Gasteiger partial charge in [0.15, 0.2) is 0 Å². The van der Waals surface area contributed by atoms with Gasteiger partial charge in [0.1, 0.15) is 5.82 Å². The lowest BCUT2D eigenvalue weighted by atomic mass is 10.2. The van der Waals surface area contributed by atoms with Crippen LogP contribution in [0.15, 0.2) is 40.6 Å². The van der Waals surface area contributed by atoms with E-state index in [4.69, 9.17) is 5.73 Å². The SMILES string of the molecule is CC(Cc1cccs1)N(C)S(=O)(=O)c1ccc(N)c(F)c1. The van der Waals surface area contributed by atoms with Crippen molar-refractivity contribution in [2.45, 2.75) is 24.3 Å². The molecule has 2 aromatic rings. The van der Waals surface area contributed by atoms with E-state index in [1.807, 2.05) is 24.4 Å². The molecule has 1 aromatic carbocycles. The smallest absolute Gasteiger partial charge is 0.243 e. The van der Waals surface area contributed by atoms with E-state index in [0.29, 0.717) is 6.42 Å². The summed E-state index contributed by atoms with van der Waals surface area (Å²) in [7, 11) is -2.24. The number of likely N-dealkylation sites (N-methyl/N-ethyl adjacent to an activating group) is 1. The van der Waals surface area contributed by atoms with Crippen molar-refractivity contribution in [3.63, 3.8) is 0 Å². The van der Waals surface area contributed by atoms with Crippen LogP contribution in [0.2, 0.25) is 0 Å². The Kier molecular flexibility index (Phi) is 4.65. The molecule has 0 fully saturated rings. The standard InChI is InChI=1S/C14H17FN2O2S2/c1-10(8-11-4-3-7-20-11)17(2)21(18,19)12-5-6-14(16)13(15)9-12/h3-7,9-10H,8,16H2,1-2H3. The number of hydrogen-bond acceptors (Lipinski definition) is 4. The van der Waals surface area contributed by atoms with Gasteiger partial charge in [-0.05, 0) is 43.0 Å². The zero-order chi connectivity index (χ0) is 15.6. The summed E-state index contributed by atoms with van der Waals surface area (Å²) in [4.78, 5) is 1.02. The maximum atomic E-state index is 13.5. The second kappa shape index (κ2) is 6.13. The molecular weight excluding hydrogens is 311 g/mol. The largest absolute Gasteiger partial charge is 0.396 e. The van der Waals surface area contributed by atoms with Crippen molar-refractivity contribution in [2.24, 2.45) is 0 Å². The number of benzene rings is 1. The minimum Gasteiger partial charge on any atom is -0.396 e. The maximum absolute atomic E-state index is 13.5. The Morgan fingerprint density at radius 1 is 1.38 bits per heavy atom. The fourth-order valence-corrected chi connectivity index (χ4v) is 4.12. The van der Waals surface area contributed by atoms with E-state index in [1.165, 1.54) is 23.5 Å². The predicted octanol–water partition coefficient (Wildman–Crippen LogP) is 2.72. The van der Waals surface area contributed by atoms with Gasteiger partial charge in [-0.25, -0.2) is 12.8 Å². The molecule has 0 spiro atoms. The van der Waals surface area contributed by atoms with E-state index < -0.39 is 15.8 Å². The lowest BCUT2D eigenvalue weighted by molar-refractivity contribution is 0.388. The van der Waals surface area contributed by atoms with Gasteiger partial charge in [0, 0.05) is 18.0 Å². The second-order valence-corrected chi connectivity index (χ2v) is 7.87. The fraction of sp³-hybridized carbons (Fsp3) is 0.286. The molecule has 0 saturated carbocycles. The van der Waals surface area contributed by atoms with Crippen LogP contribution < -0.4 is 5.73 Å². The van der Waals surface area contributed by atoms with E-state index in [0.717, 1.165) is 10.9 Å². The molecule has 0 aliphatic carbocycles. The number of thiophene rings is 1. The number of nitrogens with zero attached hydrogens (tertiary/aromatic N) is 1. The average Bonchev–Trinajstić information content (AvgIpc) is 2.93. The molecule has 0 aliphatic rings. The quantitative estimate of drug-likeness (QED) is 0.858. The molecule has 21 heavy (non-hydrogen) atoms. The lowest BCUT2D eigenvalue weighted by Crippen LogP contribution is -2.36. The molecule has 1 heterocycles. The highest BCUT2D eigenvalue weighted by Gasteiger charge is 2.26. The van der Waals surface area contributed by atoms with Crippen LogP contribution >= 0.6 is 11.3 Å². The Bertz CT molecular complexity index is 715. The van der Waals surface area contributed by atoms with Crippen LogP contribution in [0.5, 0.6) is 0 Å². The lowest BCUT2D eigenvalue weighted by Gasteiger charge is -2.24. The molecule has 1 atom stereocenters. The topological polar surface area (TPSA) is 63.4 Å². The van der Waals surface area contributed by atoms with Crippen molar-refractivity contribution in [2.75, 3.05) is 12.8 Å². The Morgan fingerprint density at radius 2 is 2.10 bits per heavy atom. The van der Waals surface area contributed by atoms with Crippen LogP contribution in [-0.2, 0) is 16.4 Å². The normalized spacial score (nSPS) is 13.5. The van der Waals surface area contributed by atoms with Gasteiger partial charge >= 0.3 is 0 Å². The molecule has 1 aromatic heterocycles. The molecule has 0 saturated heterocycles. The van der Waals surface area contributed by atoms with E-state index in [2.05, 4.69) is 0 Å². The summed E-state index contributed by atoms with van der Waals surface area (Å²) >= 11 is 1.58. The number of nitrogens with two attached hydrogens (primary N) is 1. The van der Waals surface area contributed by atoms with Crippen molar-refractivity contribution in [3.8, 4) is 0 Å². The van der Waals surface area contributed by atoms with Crippen LogP contribution in [0.3, 0.4) is 0 Å². The number of hydrogen-bond donors (Lipinski definition) is 1. The minimum atomic E-state index is -3.74. The third-order valence-corrected chi connectivity index (χ3v) is 6.21.